The standard InChI is InChI=1S/C14H15N5OS/c1-2-3-7-19-13(17-18-14(19)21)11(20)10-8-16-12-9(10)5-4-6-15-12/h4-6,8H,2-3,7H2,1H3,(H,15,16)(H,18,21). The van der Waals surface area contributed by atoms with E-state index in [2.05, 4.69) is 27.1 Å². The van der Waals surface area contributed by atoms with Crippen LogP contribution in [0.25, 0.3) is 11.0 Å². The minimum atomic E-state index is -0.155. The number of H-pyrrole nitrogens is 2. The second kappa shape index (κ2) is 5.61. The summed E-state index contributed by atoms with van der Waals surface area (Å²) in [5.74, 6) is 0.191. The summed E-state index contributed by atoms with van der Waals surface area (Å²) in [4.78, 5) is 19.9. The summed E-state index contributed by atoms with van der Waals surface area (Å²) in [7, 11) is 0. The van der Waals surface area contributed by atoms with Crippen LogP contribution in [0.4, 0.5) is 0 Å². The number of fused-ring (bicyclic) bond motifs is 1. The maximum absolute atomic E-state index is 12.7. The number of carbonyl (C=O) groups excluding carboxylic acids is 1. The zero-order chi connectivity index (χ0) is 14.8. The summed E-state index contributed by atoms with van der Waals surface area (Å²) in [6.07, 6.45) is 5.33. The Labute approximate surface area is 126 Å². The molecule has 0 fully saturated rings. The average molecular weight is 301 g/mol. The molecule has 3 rings (SSSR count). The maximum atomic E-state index is 12.7. The number of rotatable bonds is 5. The van der Waals surface area contributed by atoms with Crippen LogP contribution in [0.2, 0.25) is 0 Å². The Bertz CT molecular complexity index is 844. The lowest BCUT2D eigenvalue weighted by atomic mass is 10.1. The SMILES string of the molecule is CCCCn1c(C(=O)c2c[nH]c3ncccc23)n[nH]c1=S. The van der Waals surface area contributed by atoms with Gasteiger partial charge in [-0.25, -0.2) is 4.98 Å². The summed E-state index contributed by atoms with van der Waals surface area (Å²) in [5, 5.41) is 7.59. The van der Waals surface area contributed by atoms with Crippen molar-refractivity contribution in [2.75, 3.05) is 0 Å². The van der Waals surface area contributed by atoms with Gasteiger partial charge in [-0.2, -0.15) is 5.10 Å². The highest BCUT2D eigenvalue weighted by Crippen LogP contribution is 2.19. The molecule has 0 radical (unpaired) electrons. The zero-order valence-electron chi connectivity index (χ0n) is 11.6. The van der Waals surface area contributed by atoms with E-state index in [1.807, 2.05) is 6.07 Å². The molecule has 0 aliphatic carbocycles. The van der Waals surface area contributed by atoms with Gasteiger partial charge in [0.05, 0.1) is 5.56 Å². The molecule has 0 aromatic carbocycles. The van der Waals surface area contributed by atoms with Crippen LogP contribution in [-0.2, 0) is 6.54 Å². The topological polar surface area (TPSA) is 79.4 Å². The molecule has 0 saturated carbocycles. The van der Waals surface area contributed by atoms with Crippen molar-refractivity contribution >= 4 is 29.0 Å². The Kier molecular flexibility index (Phi) is 3.66. The quantitative estimate of drug-likeness (QED) is 0.561. The van der Waals surface area contributed by atoms with E-state index >= 15 is 0 Å². The summed E-state index contributed by atoms with van der Waals surface area (Å²) in [5.41, 5.74) is 1.25. The van der Waals surface area contributed by atoms with E-state index in [9.17, 15) is 4.79 Å². The van der Waals surface area contributed by atoms with Crippen LogP contribution in [0.1, 0.15) is 35.9 Å². The molecular formula is C14H15N5OS. The molecule has 3 heterocycles. The molecule has 0 saturated heterocycles. The van der Waals surface area contributed by atoms with Gasteiger partial charge in [-0.3, -0.25) is 14.5 Å². The first-order valence-electron chi connectivity index (χ1n) is 6.84. The molecule has 108 valence electrons. The van der Waals surface area contributed by atoms with Gasteiger partial charge in [-0.1, -0.05) is 13.3 Å². The highest BCUT2D eigenvalue weighted by Gasteiger charge is 2.20. The number of hydrogen-bond donors (Lipinski definition) is 2. The molecule has 0 aliphatic rings. The summed E-state index contributed by atoms with van der Waals surface area (Å²) in [6, 6.07) is 3.67. The summed E-state index contributed by atoms with van der Waals surface area (Å²) < 4.78 is 2.24. The summed E-state index contributed by atoms with van der Waals surface area (Å²) >= 11 is 5.20. The van der Waals surface area contributed by atoms with E-state index in [1.54, 1.807) is 23.0 Å². The Morgan fingerprint density at radius 3 is 3.14 bits per heavy atom. The number of nitrogens with one attached hydrogen (secondary N) is 2. The van der Waals surface area contributed by atoms with Gasteiger partial charge in [0.25, 0.3) is 0 Å². The van der Waals surface area contributed by atoms with E-state index in [4.69, 9.17) is 12.2 Å². The van der Waals surface area contributed by atoms with Gasteiger partial charge in [0.1, 0.15) is 5.65 Å². The van der Waals surface area contributed by atoms with Gasteiger partial charge in [-0.05, 0) is 30.8 Å². The lowest BCUT2D eigenvalue weighted by Gasteiger charge is -2.04. The van der Waals surface area contributed by atoms with E-state index in [0.29, 0.717) is 28.4 Å². The second-order valence-electron chi connectivity index (χ2n) is 4.79. The van der Waals surface area contributed by atoms with Gasteiger partial charge in [0.15, 0.2) is 4.77 Å². The van der Waals surface area contributed by atoms with Crippen molar-refractivity contribution in [2.45, 2.75) is 26.3 Å². The van der Waals surface area contributed by atoms with E-state index in [-0.39, 0.29) is 5.78 Å². The Hall–Kier alpha value is -2.28. The third-order valence-corrected chi connectivity index (χ3v) is 3.70. The van der Waals surface area contributed by atoms with Crippen molar-refractivity contribution in [2.24, 2.45) is 0 Å². The molecule has 0 unspecified atom stereocenters. The number of aromatic nitrogens is 5. The number of carbonyl (C=O) groups is 1. The third-order valence-electron chi connectivity index (χ3n) is 3.39. The first-order chi connectivity index (χ1) is 10.2. The molecule has 0 bridgehead atoms. The number of aromatic amines is 2. The molecule has 3 aromatic rings. The molecule has 6 nitrogen and oxygen atoms in total. The minimum Gasteiger partial charge on any atom is -0.345 e. The van der Waals surface area contributed by atoms with Crippen molar-refractivity contribution in [3.05, 3.63) is 40.7 Å². The molecule has 0 aliphatic heterocycles. The fourth-order valence-corrected chi connectivity index (χ4v) is 2.50. The molecule has 3 aromatic heterocycles. The second-order valence-corrected chi connectivity index (χ2v) is 5.18. The lowest BCUT2D eigenvalue weighted by Crippen LogP contribution is -2.11. The number of pyridine rings is 1. The molecular weight excluding hydrogens is 286 g/mol. The van der Waals surface area contributed by atoms with Crippen LogP contribution in [-0.4, -0.2) is 30.5 Å². The normalized spacial score (nSPS) is 11.1. The van der Waals surface area contributed by atoms with Gasteiger partial charge < -0.3 is 4.98 Å². The fraction of sp³-hybridized carbons (Fsp3) is 0.286. The average Bonchev–Trinajstić information content (AvgIpc) is 3.08. The van der Waals surface area contributed by atoms with Crippen molar-refractivity contribution in [3.8, 4) is 0 Å². The van der Waals surface area contributed by atoms with Crippen molar-refractivity contribution < 1.29 is 4.79 Å². The number of ketones is 1. The van der Waals surface area contributed by atoms with Crippen LogP contribution >= 0.6 is 12.2 Å². The van der Waals surface area contributed by atoms with Crippen molar-refractivity contribution in [3.63, 3.8) is 0 Å². The number of hydrogen-bond acceptors (Lipinski definition) is 4. The number of unbranched alkanes of at least 4 members (excludes halogenated alkanes) is 1. The highest BCUT2D eigenvalue weighted by molar-refractivity contribution is 7.71. The van der Waals surface area contributed by atoms with Crippen LogP contribution in [0.5, 0.6) is 0 Å². The smallest absolute Gasteiger partial charge is 0.232 e. The third kappa shape index (κ3) is 2.40. The first kappa shape index (κ1) is 13.7. The predicted octanol–water partition coefficient (Wildman–Crippen LogP) is 2.85. The van der Waals surface area contributed by atoms with Gasteiger partial charge in [-0.15, -0.1) is 0 Å². The van der Waals surface area contributed by atoms with Crippen molar-refractivity contribution in [1.29, 1.82) is 0 Å². The van der Waals surface area contributed by atoms with Gasteiger partial charge in [0, 0.05) is 24.3 Å². The first-order valence-corrected chi connectivity index (χ1v) is 7.25. The predicted molar refractivity (Wildman–Crippen MR) is 81.8 cm³/mol. The van der Waals surface area contributed by atoms with Crippen LogP contribution in [0, 0.1) is 4.77 Å². The minimum absolute atomic E-state index is 0.155. The molecule has 0 atom stereocenters. The Morgan fingerprint density at radius 2 is 2.33 bits per heavy atom. The van der Waals surface area contributed by atoms with Crippen LogP contribution in [0.3, 0.4) is 0 Å². The molecule has 7 heteroatoms. The summed E-state index contributed by atoms with van der Waals surface area (Å²) in [6.45, 7) is 2.78. The lowest BCUT2D eigenvalue weighted by molar-refractivity contribution is 0.102. The largest absolute Gasteiger partial charge is 0.345 e. The fourth-order valence-electron chi connectivity index (χ4n) is 2.28. The van der Waals surface area contributed by atoms with Gasteiger partial charge >= 0.3 is 0 Å². The van der Waals surface area contributed by atoms with Gasteiger partial charge in [0.2, 0.25) is 11.6 Å². The van der Waals surface area contributed by atoms with Crippen LogP contribution < -0.4 is 0 Å². The number of nitrogens with zero attached hydrogens (tertiary/aromatic N) is 3. The van der Waals surface area contributed by atoms with Crippen LogP contribution in [0.15, 0.2) is 24.5 Å². The maximum Gasteiger partial charge on any atom is 0.232 e. The van der Waals surface area contributed by atoms with E-state index in [0.717, 1.165) is 18.2 Å². The molecule has 21 heavy (non-hydrogen) atoms. The Balaban J connectivity index is 2.05. The van der Waals surface area contributed by atoms with E-state index in [1.165, 1.54) is 0 Å². The molecule has 0 spiro atoms. The highest BCUT2D eigenvalue weighted by atomic mass is 32.1. The van der Waals surface area contributed by atoms with E-state index < -0.39 is 0 Å². The Morgan fingerprint density at radius 1 is 1.48 bits per heavy atom. The van der Waals surface area contributed by atoms with Crippen molar-refractivity contribution in [1.82, 2.24) is 24.7 Å². The molecule has 0 amide bonds. The molecule has 2 N–H and O–H groups in total. The monoisotopic (exact) mass is 301 g/mol. The zero-order valence-corrected chi connectivity index (χ0v) is 12.4.